The molecule has 0 unspecified atom stereocenters. The summed E-state index contributed by atoms with van der Waals surface area (Å²) < 4.78 is 22.2. The number of hydrogen-bond donors (Lipinski definition) is 1. The number of aromatic nitrogens is 2. The minimum absolute atomic E-state index is 0.0293. The van der Waals surface area contributed by atoms with Crippen LogP contribution in [0.4, 0.5) is 11.5 Å². The molecule has 33 heavy (non-hydrogen) atoms. The molecule has 9 nitrogen and oxygen atoms in total. The van der Waals surface area contributed by atoms with E-state index in [-0.39, 0.29) is 11.9 Å². The van der Waals surface area contributed by atoms with Crippen LogP contribution in [-0.2, 0) is 11.2 Å². The number of carbonyl (C=O) groups excluding carboxylic acids is 1. The number of nitrogens with zero attached hydrogens (tertiary/aromatic N) is 3. The number of rotatable bonds is 8. The zero-order chi connectivity index (χ0) is 23.7. The van der Waals surface area contributed by atoms with Crippen LogP contribution in [0.3, 0.4) is 0 Å². The molecule has 0 spiro atoms. The normalized spacial score (nSPS) is 21.6. The standard InChI is InChI=1S/C24H32N4O5/c1-13-21-23(28(3)14(2)24(29)27-21)26-20(25-13)9-15-7-16(8-15)12-33-17-10-18(30-4)22(32-6)19(11-17)31-5/h10-11,14-16H,7-9,12H2,1-6H3,(H,27,29)/t14-,15?,16?/m0/s1. The first kappa shape index (κ1) is 22.9. The molecule has 1 saturated carbocycles. The maximum absolute atomic E-state index is 12.1. The second-order valence-electron chi connectivity index (χ2n) is 8.78. The third kappa shape index (κ3) is 4.49. The van der Waals surface area contributed by atoms with Crippen LogP contribution >= 0.6 is 0 Å². The zero-order valence-electron chi connectivity index (χ0n) is 20.1. The molecule has 2 heterocycles. The second kappa shape index (κ2) is 9.33. The van der Waals surface area contributed by atoms with Crippen molar-refractivity contribution in [3.8, 4) is 23.0 Å². The van der Waals surface area contributed by atoms with E-state index in [1.165, 1.54) is 0 Å². The topological polar surface area (TPSA) is 95.0 Å². The number of methoxy groups -OCH3 is 3. The Labute approximate surface area is 194 Å². The van der Waals surface area contributed by atoms with Gasteiger partial charge in [-0.2, -0.15) is 0 Å². The Kier molecular flexibility index (Phi) is 6.49. The third-order valence-corrected chi connectivity index (χ3v) is 6.59. The highest BCUT2D eigenvalue weighted by molar-refractivity contribution is 6.02. The van der Waals surface area contributed by atoms with Gasteiger partial charge in [-0.15, -0.1) is 0 Å². The lowest BCUT2D eigenvalue weighted by Crippen LogP contribution is -2.45. The average molecular weight is 457 g/mol. The molecular formula is C24H32N4O5. The molecule has 1 atom stereocenters. The zero-order valence-corrected chi connectivity index (χ0v) is 20.1. The Morgan fingerprint density at radius 1 is 1.06 bits per heavy atom. The lowest BCUT2D eigenvalue weighted by molar-refractivity contribution is -0.117. The third-order valence-electron chi connectivity index (χ3n) is 6.59. The molecule has 4 rings (SSSR count). The maximum atomic E-state index is 12.1. The number of amides is 1. The molecule has 0 saturated heterocycles. The van der Waals surface area contributed by atoms with Crippen LogP contribution in [0.1, 0.15) is 31.3 Å². The number of carbonyl (C=O) groups is 1. The first-order valence-electron chi connectivity index (χ1n) is 11.2. The lowest BCUT2D eigenvalue weighted by Gasteiger charge is -2.36. The van der Waals surface area contributed by atoms with Crippen LogP contribution in [0.2, 0.25) is 0 Å². The second-order valence-corrected chi connectivity index (χ2v) is 8.78. The highest BCUT2D eigenvalue weighted by Gasteiger charge is 2.33. The van der Waals surface area contributed by atoms with Gasteiger partial charge in [-0.1, -0.05) is 0 Å². The van der Waals surface area contributed by atoms with Gasteiger partial charge in [0.15, 0.2) is 17.3 Å². The minimum atomic E-state index is -0.250. The molecular weight excluding hydrogens is 424 g/mol. The van der Waals surface area contributed by atoms with Crippen molar-refractivity contribution < 1.29 is 23.7 Å². The van der Waals surface area contributed by atoms with Crippen LogP contribution in [0.25, 0.3) is 0 Å². The van der Waals surface area contributed by atoms with Gasteiger partial charge in [0.1, 0.15) is 23.3 Å². The van der Waals surface area contributed by atoms with Gasteiger partial charge in [0, 0.05) is 25.6 Å². The molecule has 2 aromatic rings. The van der Waals surface area contributed by atoms with Gasteiger partial charge >= 0.3 is 0 Å². The van der Waals surface area contributed by atoms with Gasteiger partial charge in [0.05, 0.1) is 33.6 Å². The summed E-state index contributed by atoms with van der Waals surface area (Å²) in [6.07, 6.45) is 2.95. The number of aryl methyl sites for hydroxylation is 1. The predicted molar refractivity (Wildman–Crippen MR) is 125 cm³/mol. The highest BCUT2D eigenvalue weighted by atomic mass is 16.5. The van der Waals surface area contributed by atoms with E-state index in [9.17, 15) is 4.79 Å². The largest absolute Gasteiger partial charge is 0.493 e. The summed E-state index contributed by atoms with van der Waals surface area (Å²) in [5, 5.41) is 2.93. The summed E-state index contributed by atoms with van der Waals surface area (Å²) in [5.74, 6) is 5.01. The number of likely N-dealkylation sites (N-methyl/N-ethyl adjacent to an activating group) is 1. The quantitative estimate of drug-likeness (QED) is 0.647. The summed E-state index contributed by atoms with van der Waals surface area (Å²) in [6, 6.07) is 3.38. The smallest absolute Gasteiger partial charge is 0.246 e. The molecule has 1 fully saturated rings. The first-order chi connectivity index (χ1) is 15.8. The summed E-state index contributed by atoms with van der Waals surface area (Å²) in [5.41, 5.74) is 1.53. The maximum Gasteiger partial charge on any atom is 0.246 e. The SMILES string of the molecule is COc1cc(OCC2CC(Cc3nc(C)c4c(n3)N(C)[C@@H](C)C(=O)N4)C2)cc(OC)c1OC. The van der Waals surface area contributed by atoms with Crippen molar-refractivity contribution >= 4 is 17.4 Å². The van der Waals surface area contributed by atoms with Gasteiger partial charge in [0.2, 0.25) is 11.7 Å². The Morgan fingerprint density at radius 2 is 1.73 bits per heavy atom. The molecule has 9 heteroatoms. The summed E-state index contributed by atoms with van der Waals surface area (Å²) in [7, 11) is 6.67. The van der Waals surface area contributed by atoms with Crippen LogP contribution < -0.4 is 29.2 Å². The van der Waals surface area contributed by atoms with E-state index >= 15 is 0 Å². The van der Waals surface area contributed by atoms with Crippen molar-refractivity contribution in [2.45, 2.75) is 39.2 Å². The van der Waals surface area contributed by atoms with Crippen molar-refractivity contribution in [3.05, 3.63) is 23.7 Å². The number of fused-ring (bicyclic) bond motifs is 1. The van der Waals surface area contributed by atoms with Crippen molar-refractivity contribution in [3.63, 3.8) is 0 Å². The molecule has 1 aromatic carbocycles. The van der Waals surface area contributed by atoms with Crippen LogP contribution in [0.15, 0.2) is 12.1 Å². The molecule has 0 bridgehead atoms. The van der Waals surface area contributed by atoms with E-state index < -0.39 is 0 Å². The molecule has 1 N–H and O–H groups in total. The van der Waals surface area contributed by atoms with Crippen molar-refractivity contribution in [1.82, 2.24) is 9.97 Å². The number of benzene rings is 1. The Balaban J connectivity index is 1.34. The molecule has 1 aliphatic carbocycles. The number of ether oxygens (including phenoxy) is 4. The van der Waals surface area contributed by atoms with Gasteiger partial charge in [0.25, 0.3) is 0 Å². The fourth-order valence-corrected chi connectivity index (χ4v) is 4.48. The van der Waals surface area contributed by atoms with Crippen LogP contribution in [0.5, 0.6) is 23.0 Å². The van der Waals surface area contributed by atoms with Crippen molar-refractivity contribution in [2.75, 3.05) is 45.2 Å². The van der Waals surface area contributed by atoms with Gasteiger partial charge in [-0.3, -0.25) is 4.79 Å². The molecule has 178 valence electrons. The van der Waals surface area contributed by atoms with E-state index in [0.717, 1.165) is 42.3 Å². The van der Waals surface area contributed by atoms with Gasteiger partial charge < -0.3 is 29.2 Å². The number of hydrogen-bond acceptors (Lipinski definition) is 8. The van der Waals surface area contributed by atoms with E-state index in [1.54, 1.807) is 21.3 Å². The van der Waals surface area contributed by atoms with Crippen molar-refractivity contribution in [1.29, 1.82) is 0 Å². The summed E-state index contributed by atoms with van der Waals surface area (Å²) >= 11 is 0. The molecule has 1 aliphatic heterocycles. The van der Waals surface area contributed by atoms with Crippen LogP contribution in [-0.4, -0.2) is 56.9 Å². The van der Waals surface area contributed by atoms with Gasteiger partial charge in [-0.05, 0) is 38.5 Å². The van der Waals surface area contributed by atoms with E-state index in [1.807, 2.05) is 37.9 Å². The first-order valence-corrected chi connectivity index (χ1v) is 11.2. The Morgan fingerprint density at radius 3 is 2.33 bits per heavy atom. The molecule has 1 amide bonds. The van der Waals surface area contributed by atoms with Crippen molar-refractivity contribution in [2.24, 2.45) is 11.8 Å². The monoisotopic (exact) mass is 456 g/mol. The fourth-order valence-electron chi connectivity index (χ4n) is 4.48. The van der Waals surface area contributed by atoms with E-state index in [2.05, 4.69) is 10.3 Å². The van der Waals surface area contributed by atoms with E-state index in [0.29, 0.717) is 41.4 Å². The predicted octanol–water partition coefficient (Wildman–Crippen LogP) is 3.24. The number of nitrogens with one attached hydrogen (secondary N) is 1. The minimum Gasteiger partial charge on any atom is -0.493 e. The Hall–Kier alpha value is -3.23. The summed E-state index contributed by atoms with van der Waals surface area (Å²) in [4.78, 5) is 23.4. The lowest BCUT2D eigenvalue weighted by atomic mass is 9.73. The Bertz CT molecular complexity index is 1010. The molecule has 0 radical (unpaired) electrons. The summed E-state index contributed by atoms with van der Waals surface area (Å²) in [6.45, 7) is 4.42. The number of anilines is 2. The average Bonchev–Trinajstić information content (AvgIpc) is 2.78. The molecule has 1 aromatic heterocycles. The fraction of sp³-hybridized carbons (Fsp3) is 0.542. The van der Waals surface area contributed by atoms with E-state index in [4.69, 9.17) is 23.9 Å². The molecule has 2 aliphatic rings. The highest BCUT2D eigenvalue weighted by Crippen LogP contribution is 2.42. The van der Waals surface area contributed by atoms with Gasteiger partial charge in [-0.25, -0.2) is 9.97 Å². The van der Waals surface area contributed by atoms with Crippen LogP contribution in [0, 0.1) is 18.8 Å².